The van der Waals surface area contributed by atoms with Crippen LogP contribution in [-0.2, 0) is 0 Å². The lowest BCUT2D eigenvalue weighted by molar-refractivity contribution is 0.170. The topological polar surface area (TPSA) is 67.6 Å². The van der Waals surface area contributed by atoms with Gasteiger partial charge in [0.15, 0.2) is 11.5 Å². The van der Waals surface area contributed by atoms with E-state index in [1.807, 2.05) is 18.2 Å². The highest BCUT2D eigenvalue weighted by atomic mass is 16.5. The number of nitrogens with zero attached hydrogens (tertiary/aromatic N) is 5. The molecule has 1 aromatic carbocycles. The van der Waals surface area contributed by atoms with Crippen LogP contribution in [0.4, 0.5) is 0 Å². The van der Waals surface area contributed by atoms with Gasteiger partial charge >= 0.3 is 0 Å². The van der Waals surface area contributed by atoms with E-state index in [4.69, 9.17) is 9.72 Å². The molecule has 0 radical (unpaired) electrons. The summed E-state index contributed by atoms with van der Waals surface area (Å²) in [4.78, 5) is 7.61. The molecule has 4 aromatic rings. The van der Waals surface area contributed by atoms with Crippen LogP contribution in [0.2, 0.25) is 0 Å². The first-order valence-corrected chi connectivity index (χ1v) is 12.1. The van der Waals surface area contributed by atoms with E-state index in [-0.39, 0.29) is 0 Å². The summed E-state index contributed by atoms with van der Waals surface area (Å²) in [6.07, 6.45) is 5.99. The Morgan fingerprint density at radius 1 is 1.12 bits per heavy atom. The lowest BCUT2D eigenvalue weighted by atomic mass is 10.1. The van der Waals surface area contributed by atoms with Crippen molar-refractivity contribution in [1.82, 2.24) is 29.8 Å². The second-order valence-corrected chi connectivity index (χ2v) is 9.86. The van der Waals surface area contributed by atoms with Crippen molar-refractivity contribution in [2.45, 2.75) is 44.3 Å². The van der Waals surface area contributed by atoms with E-state index in [1.165, 1.54) is 24.8 Å². The van der Waals surface area contributed by atoms with Gasteiger partial charge in [-0.2, -0.15) is 0 Å². The summed E-state index contributed by atoms with van der Waals surface area (Å²) in [6.45, 7) is 5.30. The molecular weight excluding hydrogens is 412 g/mol. The third kappa shape index (κ3) is 3.38. The van der Waals surface area contributed by atoms with Gasteiger partial charge in [0, 0.05) is 42.8 Å². The third-order valence-electron chi connectivity index (χ3n) is 7.59. The molecule has 1 N–H and O–H groups in total. The van der Waals surface area contributed by atoms with Gasteiger partial charge < -0.3 is 10.1 Å². The number of rotatable bonds is 6. The summed E-state index contributed by atoms with van der Waals surface area (Å²) in [5.74, 6) is 2.32. The first-order chi connectivity index (χ1) is 16.2. The fourth-order valence-electron chi connectivity index (χ4n) is 5.44. The van der Waals surface area contributed by atoms with Gasteiger partial charge in [-0.05, 0) is 55.9 Å². The van der Waals surface area contributed by atoms with E-state index in [1.54, 1.807) is 0 Å². The molecule has 2 saturated heterocycles. The van der Waals surface area contributed by atoms with Crippen LogP contribution in [0.25, 0.3) is 28.1 Å². The van der Waals surface area contributed by atoms with Crippen molar-refractivity contribution in [2.24, 2.45) is 5.92 Å². The van der Waals surface area contributed by atoms with Crippen LogP contribution < -0.4 is 10.1 Å². The lowest BCUT2D eigenvalue weighted by Crippen LogP contribution is -2.44. The van der Waals surface area contributed by atoms with E-state index >= 15 is 0 Å². The number of aromatic nitrogens is 4. The lowest BCUT2D eigenvalue weighted by Gasteiger charge is -2.33. The quantitative estimate of drug-likeness (QED) is 0.491. The van der Waals surface area contributed by atoms with Crippen molar-refractivity contribution in [3.05, 3.63) is 54.2 Å². The number of hydrogen-bond acceptors (Lipinski definition) is 6. The molecule has 168 valence electrons. The second kappa shape index (κ2) is 7.50. The number of nitrogens with one attached hydrogen (secondary N) is 1. The van der Waals surface area contributed by atoms with Gasteiger partial charge in [-0.3, -0.25) is 9.30 Å². The minimum atomic E-state index is 0.355. The molecule has 3 aliphatic rings. The zero-order valence-electron chi connectivity index (χ0n) is 18.8. The number of pyridine rings is 2. The maximum atomic E-state index is 6.12. The van der Waals surface area contributed by atoms with E-state index < -0.39 is 0 Å². The average Bonchev–Trinajstić information content (AvgIpc) is 3.23. The van der Waals surface area contributed by atoms with Gasteiger partial charge in [-0.15, -0.1) is 10.2 Å². The largest absolute Gasteiger partial charge is 0.491 e. The van der Waals surface area contributed by atoms with Gasteiger partial charge in [0.2, 0.25) is 0 Å². The van der Waals surface area contributed by atoms with Crippen molar-refractivity contribution < 1.29 is 4.74 Å². The molecule has 3 atom stereocenters. The Hall–Kier alpha value is -3.03. The molecule has 2 bridgehead atoms. The van der Waals surface area contributed by atoms with Crippen LogP contribution in [0.1, 0.15) is 37.8 Å². The molecule has 1 aliphatic carbocycles. The number of para-hydroxylation sites is 1. The van der Waals surface area contributed by atoms with E-state index in [0.29, 0.717) is 24.0 Å². The summed E-state index contributed by atoms with van der Waals surface area (Å²) in [7, 11) is 0. The maximum Gasteiger partial charge on any atom is 0.187 e. The summed E-state index contributed by atoms with van der Waals surface area (Å²) >= 11 is 0. The zero-order valence-corrected chi connectivity index (χ0v) is 18.8. The molecule has 7 heteroatoms. The molecule has 7 nitrogen and oxygen atoms in total. The van der Waals surface area contributed by atoms with Crippen molar-refractivity contribution >= 4 is 16.6 Å². The molecule has 0 spiro atoms. The number of benzene rings is 1. The first kappa shape index (κ1) is 19.4. The second-order valence-electron chi connectivity index (χ2n) is 9.86. The highest BCUT2D eigenvalue weighted by Crippen LogP contribution is 2.34. The van der Waals surface area contributed by atoms with Crippen LogP contribution in [-0.4, -0.2) is 56.3 Å². The molecular formula is C26H28N6O. The van der Waals surface area contributed by atoms with Crippen LogP contribution in [0, 0.1) is 5.92 Å². The predicted molar refractivity (Wildman–Crippen MR) is 127 cm³/mol. The molecule has 7 rings (SSSR count). The molecule has 0 unspecified atom stereocenters. The van der Waals surface area contributed by atoms with Crippen molar-refractivity contribution in [3.8, 4) is 17.3 Å². The molecule has 2 aliphatic heterocycles. The smallest absolute Gasteiger partial charge is 0.187 e. The normalized spacial score (nSPS) is 23.5. The van der Waals surface area contributed by atoms with Crippen LogP contribution in [0.15, 0.2) is 48.7 Å². The van der Waals surface area contributed by atoms with Crippen molar-refractivity contribution in [2.75, 3.05) is 19.7 Å². The number of ether oxygens (including phenoxy) is 1. The molecule has 3 aromatic heterocycles. The minimum absolute atomic E-state index is 0.355. The predicted octanol–water partition coefficient (Wildman–Crippen LogP) is 3.84. The molecule has 0 amide bonds. The van der Waals surface area contributed by atoms with Crippen LogP contribution >= 0.6 is 0 Å². The first-order valence-electron chi connectivity index (χ1n) is 12.1. The number of hydrogen-bond donors (Lipinski definition) is 1. The van der Waals surface area contributed by atoms with Gasteiger partial charge in [0.05, 0.1) is 6.61 Å². The average molecular weight is 441 g/mol. The summed E-state index contributed by atoms with van der Waals surface area (Å²) in [5, 5.41) is 13.6. The van der Waals surface area contributed by atoms with Gasteiger partial charge in [-0.1, -0.05) is 24.3 Å². The Bertz CT molecular complexity index is 1350. The molecule has 1 saturated carbocycles. The van der Waals surface area contributed by atoms with E-state index in [0.717, 1.165) is 53.5 Å². The van der Waals surface area contributed by atoms with Gasteiger partial charge in [-0.25, -0.2) is 4.98 Å². The number of piperazine rings is 1. The Kier molecular flexibility index (Phi) is 4.42. The maximum absolute atomic E-state index is 6.12. The Morgan fingerprint density at radius 3 is 2.88 bits per heavy atom. The van der Waals surface area contributed by atoms with Crippen molar-refractivity contribution in [1.29, 1.82) is 0 Å². The highest BCUT2D eigenvalue weighted by molar-refractivity contribution is 5.86. The molecule has 3 fully saturated rings. The van der Waals surface area contributed by atoms with Crippen LogP contribution in [0.3, 0.4) is 0 Å². The van der Waals surface area contributed by atoms with E-state index in [2.05, 4.69) is 62.2 Å². The monoisotopic (exact) mass is 440 g/mol. The van der Waals surface area contributed by atoms with Gasteiger partial charge in [0.25, 0.3) is 0 Å². The van der Waals surface area contributed by atoms with Crippen LogP contribution in [0.5, 0.6) is 5.75 Å². The SMILES string of the molecule is C[C@@H](c1ccc2nnc(-c3ccc4cccc(OCC5CC5)c4n3)n2c1)N1C[C@@H]2C[C@H]1CN2. The third-order valence-corrected chi connectivity index (χ3v) is 7.59. The Morgan fingerprint density at radius 2 is 2.06 bits per heavy atom. The molecule has 33 heavy (non-hydrogen) atoms. The van der Waals surface area contributed by atoms with E-state index in [9.17, 15) is 0 Å². The van der Waals surface area contributed by atoms with Gasteiger partial charge in [0.1, 0.15) is 17.0 Å². The fourth-order valence-corrected chi connectivity index (χ4v) is 5.44. The highest BCUT2D eigenvalue weighted by Gasteiger charge is 2.40. The minimum Gasteiger partial charge on any atom is -0.491 e. The summed E-state index contributed by atoms with van der Waals surface area (Å²) in [5.41, 5.74) is 3.82. The zero-order chi connectivity index (χ0) is 21.9. The molecule has 5 heterocycles. The number of likely N-dealkylation sites (tertiary alicyclic amines) is 1. The summed E-state index contributed by atoms with van der Waals surface area (Å²) < 4.78 is 8.20. The Labute approximate surface area is 192 Å². The van der Waals surface area contributed by atoms with Crippen molar-refractivity contribution in [3.63, 3.8) is 0 Å². The number of fused-ring (bicyclic) bond motifs is 4. The summed E-state index contributed by atoms with van der Waals surface area (Å²) in [6, 6.07) is 16.2. The Balaban J connectivity index is 1.25. The standard InChI is InChI=1S/C26H28N6O/c1-16(31-14-20-11-21(31)12-27-20)19-8-10-24-29-30-26(32(24)13-19)22-9-7-18-3-2-4-23(25(18)28-22)33-15-17-5-6-17/h2-4,7-10,13,16-17,20-21,27H,5-6,11-12,14-15H2,1H3/t16-,20-,21-/m0/s1. The fraction of sp³-hybridized carbons (Fsp3) is 0.423.